The van der Waals surface area contributed by atoms with Gasteiger partial charge in [-0.2, -0.15) is 0 Å². The highest BCUT2D eigenvalue weighted by molar-refractivity contribution is 9.10. The van der Waals surface area contributed by atoms with Gasteiger partial charge in [-0.15, -0.1) is 11.6 Å². The van der Waals surface area contributed by atoms with Crippen LogP contribution < -0.4 is 4.72 Å². The fraction of sp³-hybridized carbons (Fsp3) is 0.333. The van der Waals surface area contributed by atoms with E-state index < -0.39 is 25.1 Å². The van der Waals surface area contributed by atoms with Crippen LogP contribution in [0, 0.1) is 0 Å². The van der Waals surface area contributed by atoms with Crippen LogP contribution in [0.3, 0.4) is 0 Å². The number of halogens is 2. The largest absolute Gasteiger partial charge is 0.281 e. The zero-order chi connectivity index (χ0) is 14.0. The standard InChI is InChI=1S/C9H11BrClNO4S2/c1-2-17(13,14)7-3-4-9(8(10)5-7)12-18(15,16)6-11/h3-5,12H,2,6H2,1H3. The molecule has 0 aliphatic rings. The summed E-state index contributed by atoms with van der Waals surface area (Å²) in [5.41, 5.74) is 0.241. The van der Waals surface area contributed by atoms with Gasteiger partial charge in [-0.3, -0.25) is 4.72 Å². The molecular weight excluding hydrogens is 366 g/mol. The second-order valence-corrected chi connectivity index (χ2v) is 8.81. The van der Waals surface area contributed by atoms with Crippen molar-refractivity contribution in [1.29, 1.82) is 0 Å². The van der Waals surface area contributed by atoms with Crippen molar-refractivity contribution in [2.75, 3.05) is 15.7 Å². The van der Waals surface area contributed by atoms with Gasteiger partial charge in [0.2, 0.25) is 10.0 Å². The SMILES string of the molecule is CCS(=O)(=O)c1ccc(NS(=O)(=O)CCl)c(Br)c1. The Kier molecular flexibility index (Phi) is 5.05. The second kappa shape index (κ2) is 5.77. The lowest BCUT2D eigenvalue weighted by molar-refractivity contribution is 0.597. The van der Waals surface area contributed by atoms with Crippen molar-refractivity contribution in [3.8, 4) is 0 Å². The van der Waals surface area contributed by atoms with Crippen molar-refractivity contribution in [1.82, 2.24) is 0 Å². The summed E-state index contributed by atoms with van der Waals surface area (Å²) in [5.74, 6) is -0.0216. The first kappa shape index (κ1) is 15.7. The number of alkyl halides is 1. The van der Waals surface area contributed by atoms with Crippen molar-refractivity contribution in [3.63, 3.8) is 0 Å². The molecule has 0 saturated heterocycles. The van der Waals surface area contributed by atoms with Crippen LogP contribution in [0.4, 0.5) is 5.69 Å². The van der Waals surface area contributed by atoms with E-state index in [-0.39, 0.29) is 16.3 Å². The van der Waals surface area contributed by atoms with Gasteiger partial charge in [-0.1, -0.05) is 6.92 Å². The molecule has 0 atom stereocenters. The van der Waals surface area contributed by atoms with Gasteiger partial charge in [-0.25, -0.2) is 16.8 Å². The number of benzene rings is 1. The number of sulfone groups is 1. The molecule has 0 unspecified atom stereocenters. The molecular formula is C9H11BrClNO4S2. The number of hydrogen-bond donors (Lipinski definition) is 1. The van der Waals surface area contributed by atoms with Gasteiger partial charge < -0.3 is 0 Å². The van der Waals surface area contributed by atoms with E-state index in [0.717, 1.165) is 0 Å². The molecule has 0 fully saturated rings. The van der Waals surface area contributed by atoms with Crippen molar-refractivity contribution >= 4 is 53.1 Å². The molecule has 1 N–H and O–H groups in total. The van der Waals surface area contributed by atoms with Gasteiger partial charge in [0.05, 0.1) is 16.3 Å². The molecule has 9 heteroatoms. The van der Waals surface area contributed by atoms with Gasteiger partial charge in [0.1, 0.15) is 5.21 Å². The van der Waals surface area contributed by atoms with E-state index >= 15 is 0 Å². The Balaban J connectivity index is 3.16. The van der Waals surface area contributed by atoms with E-state index in [1.165, 1.54) is 25.1 Å². The highest BCUT2D eigenvalue weighted by Crippen LogP contribution is 2.27. The first-order chi connectivity index (χ1) is 8.22. The Morgan fingerprint density at radius 2 is 1.89 bits per heavy atom. The average Bonchev–Trinajstić information content (AvgIpc) is 2.31. The van der Waals surface area contributed by atoms with Crippen LogP contribution in [-0.2, 0) is 19.9 Å². The Morgan fingerprint density at radius 3 is 2.33 bits per heavy atom. The normalized spacial score (nSPS) is 12.4. The molecule has 0 radical (unpaired) electrons. The van der Waals surface area contributed by atoms with E-state index in [4.69, 9.17) is 11.6 Å². The van der Waals surface area contributed by atoms with E-state index in [0.29, 0.717) is 4.47 Å². The van der Waals surface area contributed by atoms with E-state index in [9.17, 15) is 16.8 Å². The molecule has 0 aromatic heterocycles. The Hall–Kier alpha value is -0.310. The third kappa shape index (κ3) is 3.84. The summed E-state index contributed by atoms with van der Waals surface area (Å²) in [5, 5.41) is -0.575. The number of anilines is 1. The summed E-state index contributed by atoms with van der Waals surface area (Å²) >= 11 is 8.38. The number of sulfonamides is 1. The van der Waals surface area contributed by atoms with Gasteiger partial charge in [0.25, 0.3) is 0 Å². The molecule has 0 aliphatic carbocycles. The highest BCUT2D eigenvalue weighted by Gasteiger charge is 2.15. The van der Waals surface area contributed by atoms with Crippen LogP contribution in [0.1, 0.15) is 6.92 Å². The smallest absolute Gasteiger partial charge is 0.246 e. The molecule has 0 amide bonds. The minimum atomic E-state index is -3.61. The summed E-state index contributed by atoms with van der Waals surface area (Å²) in [6.07, 6.45) is 0. The summed E-state index contributed by atoms with van der Waals surface area (Å²) in [7, 11) is -6.93. The zero-order valence-corrected chi connectivity index (χ0v) is 13.3. The molecule has 0 bridgehead atoms. The lowest BCUT2D eigenvalue weighted by Gasteiger charge is -2.09. The van der Waals surface area contributed by atoms with Crippen LogP contribution >= 0.6 is 27.5 Å². The first-order valence-electron chi connectivity index (χ1n) is 4.80. The van der Waals surface area contributed by atoms with Crippen LogP contribution in [0.2, 0.25) is 0 Å². The molecule has 1 aromatic rings. The number of hydrogen-bond acceptors (Lipinski definition) is 4. The fourth-order valence-electron chi connectivity index (χ4n) is 1.13. The molecule has 0 heterocycles. The van der Waals surface area contributed by atoms with Gasteiger partial charge in [-0.05, 0) is 34.1 Å². The summed E-state index contributed by atoms with van der Waals surface area (Å²) in [4.78, 5) is 0.130. The van der Waals surface area contributed by atoms with E-state index in [1.807, 2.05) is 0 Å². The lowest BCUT2D eigenvalue weighted by atomic mass is 10.3. The maximum atomic E-state index is 11.6. The predicted molar refractivity (Wildman–Crippen MR) is 75.1 cm³/mol. The van der Waals surface area contributed by atoms with Crippen molar-refractivity contribution in [2.24, 2.45) is 0 Å². The van der Waals surface area contributed by atoms with E-state index in [1.54, 1.807) is 0 Å². The minimum absolute atomic E-state index is 0.0216. The van der Waals surface area contributed by atoms with Crippen molar-refractivity contribution in [2.45, 2.75) is 11.8 Å². The van der Waals surface area contributed by atoms with Crippen LogP contribution in [0.5, 0.6) is 0 Å². The Bertz CT molecular complexity index is 643. The van der Waals surface area contributed by atoms with Gasteiger partial charge >= 0.3 is 0 Å². The van der Waals surface area contributed by atoms with Crippen molar-refractivity contribution < 1.29 is 16.8 Å². The molecule has 1 aromatic carbocycles. The molecule has 0 aliphatic heterocycles. The predicted octanol–water partition coefficient (Wildman–Crippen LogP) is 2.18. The second-order valence-electron chi connectivity index (χ2n) is 3.37. The third-order valence-electron chi connectivity index (χ3n) is 2.09. The molecule has 1 rings (SSSR count). The third-order valence-corrected chi connectivity index (χ3v) is 6.16. The topological polar surface area (TPSA) is 80.3 Å². The minimum Gasteiger partial charge on any atom is -0.281 e. The summed E-state index contributed by atoms with van der Waals surface area (Å²) in [6, 6.07) is 4.07. The molecule has 18 heavy (non-hydrogen) atoms. The van der Waals surface area contributed by atoms with Crippen LogP contribution in [-0.4, -0.2) is 27.8 Å². The van der Waals surface area contributed by atoms with Crippen LogP contribution in [0.25, 0.3) is 0 Å². The molecule has 102 valence electrons. The number of rotatable bonds is 5. The Morgan fingerprint density at radius 1 is 1.28 bits per heavy atom. The Labute approximate surface area is 120 Å². The summed E-state index contributed by atoms with van der Waals surface area (Å²) in [6.45, 7) is 1.54. The van der Waals surface area contributed by atoms with E-state index in [2.05, 4.69) is 20.7 Å². The maximum Gasteiger partial charge on any atom is 0.246 e. The number of nitrogens with one attached hydrogen (secondary N) is 1. The molecule has 5 nitrogen and oxygen atoms in total. The maximum absolute atomic E-state index is 11.6. The molecule has 0 saturated carbocycles. The summed E-state index contributed by atoms with van der Waals surface area (Å²) < 4.78 is 48.4. The highest BCUT2D eigenvalue weighted by atomic mass is 79.9. The van der Waals surface area contributed by atoms with Gasteiger partial charge in [0, 0.05) is 4.47 Å². The monoisotopic (exact) mass is 375 g/mol. The lowest BCUT2D eigenvalue weighted by Crippen LogP contribution is -2.14. The fourth-order valence-corrected chi connectivity index (χ4v) is 3.53. The first-order valence-corrected chi connectivity index (χ1v) is 9.44. The zero-order valence-electron chi connectivity index (χ0n) is 9.35. The van der Waals surface area contributed by atoms with Crippen molar-refractivity contribution in [3.05, 3.63) is 22.7 Å². The average molecular weight is 377 g/mol. The van der Waals surface area contributed by atoms with Crippen LogP contribution in [0.15, 0.2) is 27.6 Å². The molecule has 0 spiro atoms. The van der Waals surface area contributed by atoms with Gasteiger partial charge in [0.15, 0.2) is 9.84 Å². The quantitative estimate of drug-likeness (QED) is 0.799.